The van der Waals surface area contributed by atoms with Crippen LogP contribution in [0.3, 0.4) is 0 Å². The third kappa shape index (κ3) is 659. The molecule has 0 fully saturated rings. The van der Waals surface area contributed by atoms with Gasteiger partial charge in [-0.05, 0) is 0 Å². The molecule has 9 heteroatoms. The van der Waals surface area contributed by atoms with Gasteiger partial charge in [0.15, 0.2) is 0 Å². The summed E-state index contributed by atoms with van der Waals surface area (Å²) >= 11 is 0.218. The van der Waals surface area contributed by atoms with Crippen LogP contribution in [-0.4, -0.2) is 31.3 Å². The average Bonchev–Trinajstić information content (AvgIpc) is 1.86. The SMILES string of the molecule is C[CH2][Sn+2][CH2]C.O=[N+]([O-])[O-].O=[N+]([O-])[O-]. The van der Waals surface area contributed by atoms with Gasteiger partial charge in [-0.2, -0.15) is 0 Å². The maximum absolute atomic E-state index is 8.25. The molecule has 0 aliphatic heterocycles. The quantitative estimate of drug-likeness (QED) is 0.426. The number of hydrogen-bond donors (Lipinski definition) is 0. The summed E-state index contributed by atoms with van der Waals surface area (Å²) in [5.41, 5.74) is 0. The molecule has 0 amide bonds. The van der Waals surface area contributed by atoms with Crippen LogP contribution in [0.4, 0.5) is 0 Å². The van der Waals surface area contributed by atoms with Crippen molar-refractivity contribution in [3.63, 3.8) is 0 Å². The van der Waals surface area contributed by atoms with E-state index in [1.807, 2.05) is 0 Å². The fraction of sp³-hybridized carbons (Fsp3) is 1.00. The van der Waals surface area contributed by atoms with Crippen LogP contribution in [0.5, 0.6) is 0 Å². The number of nitrogens with zero attached hydrogens (tertiary/aromatic N) is 2. The van der Waals surface area contributed by atoms with Gasteiger partial charge < -0.3 is 30.6 Å². The van der Waals surface area contributed by atoms with Crippen molar-refractivity contribution < 1.29 is 10.2 Å². The molecular formula is C4H10N2O6Sn. The van der Waals surface area contributed by atoms with E-state index in [0.29, 0.717) is 0 Å². The minimum absolute atomic E-state index is 0.218. The minimum atomic E-state index is -1.75. The van der Waals surface area contributed by atoms with Crippen LogP contribution >= 0.6 is 0 Å². The van der Waals surface area contributed by atoms with Crippen LogP contribution in [0.15, 0.2) is 0 Å². The zero-order valence-corrected chi connectivity index (χ0v) is 10.1. The molecule has 0 heterocycles. The first kappa shape index (κ1) is 18.1. The number of hydrogen-bond acceptors (Lipinski definition) is 6. The molecule has 0 aromatic carbocycles. The number of rotatable bonds is 2. The molecule has 0 rings (SSSR count). The van der Waals surface area contributed by atoms with Gasteiger partial charge in [-0.3, -0.25) is 0 Å². The largest absolute Gasteiger partial charge is 0.356 e. The maximum Gasteiger partial charge on any atom is 0.0689 e. The van der Waals surface area contributed by atoms with Gasteiger partial charge in [-0.15, -0.1) is 0 Å². The molecule has 0 saturated carbocycles. The molecule has 0 aliphatic rings. The second-order valence-corrected chi connectivity index (χ2v) is 6.87. The third-order valence-corrected chi connectivity index (χ3v) is 3.35. The van der Waals surface area contributed by atoms with Crippen LogP contribution in [0, 0.1) is 30.6 Å². The summed E-state index contributed by atoms with van der Waals surface area (Å²) in [6.45, 7) is 4.57. The van der Waals surface area contributed by atoms with E-state index in [1.54, 1.807) is 0 Å². The van der Waals surface area contributed by atoms with Crippen molar-refractivity contribution in [3.8, 4) is 0 Å². The van der Waals surface area contributed by atoms with Gasteiger partial charge in [0.1, 0.15) is 0 Å². The summed E-state index contributed by atoms with van der Waals surface area (Å²) < 4.78 is 3.03. The van der Waals surface area contributed by atoms with Crippen molar-refractivity contribution in [3.05, 3.63) is 30.6 Å². The Labute approximate surface area is 85.0 Å². The minimum Gasteiger partial charge on any atom is -0.356 e. The van der Waals surface area contributed by atoms with Gasteiger partial charge in [-0.1, -0.05) is 0 Å². The van der Waals surface area contributed by atoms with Gasteiger partial charge in [0, 0.05) is 0 Å². The molecule has 0 aromatic heterocycles. The summed E-state index contributed by atoms with van der Waals surface area (Å²) in [5, 5.41) is 29.5. The zero-order chi connectivity index (χ0) is 11.3. The van der Waals surface area contributed by atoms with Crippen molar-refractivity contribution in [1.29, 1.82) is 0 Å². The van der Waals surface area contributed by atoms with Crippen molar-refractivity contribution in [2.75, 3.05) is 0 Å². The maximum atomic E-state index is 8.25. The van der Waals surface area contributed by atoms with Gasteiger partial charge in [-0.25, -0.2) is 0 Å². The molecule has 0 aliphatic carbocycles. The molecule has 0 spiro atoms. The van der Waals surface area contributed by atoms with Crippen LogP contribution in [0.2, 0.25) is 8.87 Å². The Morgan fingerprint density at radius 2 is 1.08 bits per heavy atom. The first-order valence-corrected chi connectivity index (χ1v) is 7.25. The molecule has 8 nitrogen and oxygen atoms in total. The summed E-state index contributed by atoms with van der Waals surface area (Å²) in [6.07, 6.45) is 0. The fourth-order valence-corrected chi connectivity index (χ4v) is 1.68. The Kier molecular flexibility index (Phi) is 24.1. The van der Waals surface area contributed by atoms with Crippen molar-refractivity contribution in [2.45, 2.75) is 22.7 Å². The molecule has 76 valence electrons. The monoisotopic (exact) mass is 302 g/mol. The smallest absolute Gasteiger partial charge is 0.0689 e. The average molecular weight is 301 g/mol. The predicted molar refractivity (Wildman–Crippen MR) is 47.4 cm³/mol. The van der Waals surface area contributed by atoms with Gasteiger partial charge in [0.05, 0.1) is 10.2 Å². The van der Waals surface area contributed by atoms with Gasteiger partial charge in [0.25, 0.3) is 0 Å². The summed E-state index contributed by atoms with van der Waals surface area (Å²) in [7, 11) is 0. The van der Waals surface area contributed by atoms with Gasteiger partial charge >= 0.3 is 43.9 Å². The van der Waals surface area contributed by atoms with E-state index in [0.717, 1.165) is 0 Å². The summed E-state index contributed by atoms with van der Waals surface area (Å²) in [4.78, 5) is 16.5. The van der Waals surface area contributed by atoms with E-state index in [2.05, 4.69) is 13.8 Å². The normalized spacial score (nSPS) is 6.31. The van der Waals surface area contributed by atoms with E-state index in [9.17, 15) is 0 Å². The standard InChI is InChI=1S/2C2H5.2NO3.Sn/c2*1-2;2*2-1(3)4;/h2*1H2,2H3;;;/q;;2*-1;+2. The topological polar surface area (TPSA) is 132 Å². The predicted octanol–water partition coefficient (Wildman–Crippen LogP) is 1.09. The Morgan fingerprint density at radius 1 is 0.923 bits per heavy atom. The van der Waals surface area contributed by atoms with E-state index in [1.165, 1.54) is 8.87 Å². The van der Waals surface area contributed by atoms with E-state index >= 15 is 0 Å². The molecule has 13 heavy (non-hydrogen) atoms. The molecule has 0 radical (unpaired) electrons. The molecule has 0 unspecified atom stereocenters. The molecule has 0 bridgehead atoms. The third-order valence-electron chi connectivity index (χ3n) is 0.500. The van der Waals surface area contributed by atoms with E-state index in [-0.39, 0.29) is 21.1 Å². The van der Waals surface area contributed by atoms with Crippen LogP contribution in [-0.2, 0) is 0 Å². The van der Waals surface area contributed by atoms with Crippen LogP contribution < -0.4 is 0 Å². The van der Waals surface area contributed by atoms with Crippen LogP contribution in [0.1, 0.15) is 13.8 Å². The van der Waals surface area contributed by atoms with E-state index in [4.69, 9.17) is 30.6 Å². The second-order valence-electron chi connectivity index (χ2n) is 1.40. The fourth-order valence-electron chi connectivity index (χ4n) is 0.250. The van der Waals surface area contributed by atoms with Crippen molar-refractivity contribution in [2.24, 2.45) is 0 Å². The molecule has 0 N–H and O–H groups in total. The molecule has 0 atom stereocenters. The Bertz CT molecular complexity index is 110. The van der Waals surface area contributed by atoms with Crippen LogP contribution in [0.25, 0.3) is 0 Å². The van der Waals surface area contributed by atoms with E-state index < -0.39 is 10.2 Å². The Morgan fingerprint density at radius 3 is 1.08 bits per heavy atom. The van der Waals surface area contributed by atoms with Gasteiger partial charge in [0.2, 0.25) is 0 Å². The van der Waals surface area contributed by atoms with Crippen molar-refractivity contribution >= 4 is 21.1 Å². The first-order chi connectivity index (χ1) is 5.88. The molecule has 0 aromatic rings. The molecular weight excluding hydrogens is 291 g/mol. The van der Waals surface area contributed by atoms with Crippen molar-refractivity contribution in [1.82, 2.24) is 0 Å². The Balaban J connectivity index is -0.000000117. The summed E-state index contributed by atoms with van der Waals surface area (Å²) in [5.74, 6) is 0. The Hall–Kier alpha value is -0.801. The zero-order valence-electron chi connectivity index (χ0n) is 7.26. The second kappa shape index (κ2) is 17.3. The summed E-state index contributed by atoms with van der Waals surface area (Å²) in [6, 6.07) is 0. The molecule has 0 saturated heterocycles. The first-order valence-electron chi connectivity index (χ1n) is 3.22.